The average molecular weight is 468 g/mol. The highest BCUT2D eigenvalue weighted by atomic mass is 16.5. The zero-order valence-electron chi connectivity index (χ0n) is 21.0. The van der Waals surface area contributed by atoms with E-state index in [0.29, 0.717) is 19.6 Å². The maximum Gasteiger partial charge on any atom is 0.259 e. The first-order valence-electron chi connectivity index (χ1n) is 12.2. The highest BCUT2D eigenvalue weighted by molar-refractivity contribution is 5.99. The van der Waals surface area contributed by atoms with Crippen molar-refractivity contribution in [3.8, 4) is 5.75 Å². The Kier molecular flexibility index (Phi) is 8.53. The van der Waals surface area contributed by atoms with Gasteiger partial charge in [-0.2, -0.15) is 0 Å². The minimum atomic E-state index is -0.493. The van der Waals surface area contributed by atoms with Crippen LogP contribution < -0.4 is 10.2 Å². The van der Waals surface area contributed by atoms with Gasteiger partial charge >= 0.3 is 0 Å². The van der Waals surface area contributed by atoms with E-state index in [1.807, 2.05) is 43.0 Å². The van der Waals surface area contributed by atoms with Crippen LogP contribution >= 0.6 is 0 Å². The highest BCUT2D eigenvalue weighted by Gasteiger charge is 2.30. The van der Waals surface area contributed by atoms with E-state index in [4.69, 9.17) is 4.74 Å². The molecule has 0 saturated carbocycles. The molecule has 1 fully saturated rings. The number of nitrogens with zero attached hydrogens (tertiary/aromatic N) is 3. The second-order valence-corrected chi connectivity index (χ2v) is 9.57. The molecular formula is C27H37N3O4. The van der Waals surface area contributed by atoms with Gasteiger partial charge in [0.2, 0.25) is 5.43 Å². The molecule has 0 aliphatic carbocycles. The van der Waals surface area contributed by atoms with Gasteiger partial charge in [0.15, 0.2) is 0 Å². The van der Waals surface area contributed by atoms with Crippen molar-refractivity contribution in [2.24, 2.45) is 5.92 Å². The number of amides is 2. The van der Waals surface area contributed by atoms with Crippen LogP contribution in [0.4, 0.5) is 0 Å². The monoisotopic (exact) mass is 467 g/mol. The van der Waals surface area contributed by atoms with Crippen molar-refractivity contribution in [2.75, 3.05) is 27.2 Å². The summed E-state index contributed by atoms with van der Waals surface area (Å²) in [6.07, 6.45) is 6.97. The number of rotatable bonds is 8. The summed E-state index contributed by atoms with van der Waals surface area (Å²) in [5, 5.41) is 0. The third-order valence-electron chi connectivity index (χ3n) is 6.38. The average Bonchev–Trinajstić information content (AvgIpc) is 2.83. The van der Waals surface area contributed by atoms with E-state index in [9.17, 15) is 14.4 Å². The topological polar surface area (TPSA) is 71.8 Å². The van der Waals surface area contributed by atoms with Crippen molar-refractivity contribution < 1.29 is 14.3 Å². The Labute approximate surface area is 202 Å². The van der Waals surface area contributed by atoms with Crippen molar-refractivity contribution >= 4 is 11.8 Å². The molecule has 34 heavy (non-hydrogen) atoms. The van der Waals surface area contributed by atoms with E-state index in [0.717, 1.165) is 37.0 Å². The number of pyridine rings is 1. The number of aromatic nitrogens is 1. The molecule has 0 bridgehead atoms. The largest absolute Gasteiger partial charge is 0.497 e. The molecule has 0 radical (unpaired) electrons. The Morgan fingerprint density at radius 2 is 1.91 bits per heavy atom. The first-order chi connectivity index (χ1) is 16.2. The standard InChI is InChI=1S/C27H37N3O4/c1-6-21-11-7-8-13-30(21)27(33)24-18-29(16-20-10-9-12-22(14-20)34-5)17-23(25(24)31)26(32)28(4)15-19(2)3/h9-10,12,14,17-19,21H,6-8,11,13,15-16H2,1-5H3/t21-/m0/s1. The van der Waals surface area contributed by atoms with Crippen molar-refractivity contribution in [1.82, 2.24) is 14.4 Å². The molecule has 2 aromatic rings. The fraction of sp³-hybridized carbons (Fsp3) is 0.519. The SMILES string of the molecule is CC[C@H]1CCCCN1C(=O)c1cn(Cc2cccc(OC)c2)cc(C(=O)N(C)CC(C)C)c1=O. The first-order valence-corrected chi connectivity index (χ1v) is 12.2. The predicted octanol–water partition coefficient (Wildman–Crippen LogP) is 4.04. The van der Waals surface area contributed by atoms with Gasteiger partial charge in [-0.3, -0.25) is 14.4 Å². The molecule has 0 unspecified atom stereocenters. The molecule has 1 aromatic heterocycles. The van der Waals surface area contributed by atoms with Gasteiger partial charge in [-0.25, -0.2) is 0 Å². The Morgan fingerprint density at radius 3 is 2.59 bits per heavy atom. The smallest absolute Gasteiger partial charge is 0.259 e. The lowest BCUT2D eigenvalue weighted by molar-refractivity contribution is 0.0605. The molecule has 1 atom stereocenters. The number of hydrogen-bond donors (Lipinski definition) is 0. The van der Waals surface area contributed by atoms with E-state index in [1.54, 1.807) is 36.0 Å². The summed E-state index contributed by atoms with van der Waals surface area (Å²) in [6, 6.07) is 7.73. The van der Waals surface area contributed by atoms with Crippen LogP contribution in [0.3, 0.4) is 0 Å². The minimum absolute atomic E-state index is 0.0296. The molecule has 1 aliphatic heterocycles. The summed E-state index contributed by atoms with van der Waals surface area (Å²) < 4.78 is 7.10. The number of benzene rings is 1. The molecule has 7 nitrogen and oxygen atoms in total. The second kappa shape index (κ2) is 11.4. The number of carbonyl (C=O) groups excluding carboxylic acids is 2. The van der Waals surface area contributed by atoms with Crippen LogP contribution in [0.25, 0.3) is 0 Å². The van der Waals surface area contributed by atoms with Gasteiger partial charge < -0.3 is 19.1 Å². The van der Waals surface area contributed by atoms with Crippen molar-refractivity contribution in [3.63, 3.8) is 0 Å². The van der Waals surface area contributed by atoms with Crippen LogP contribution in [0.5, 0.6) is 5.75 Å². The zero-order valence-corrected chi connectivity index (χ0v) is 21.0. The summed E-state index contributed by atoms with van der Waals surface area (Å²) in [5.74, 6) is 0.342. The van der Waals surface area contributed by atoms with Gasteiger partial charge in [0.25, 0.3) is 11.8 Å². The fourth-order valence-corrected chi connectivity index (χ4v) is 4.69. The number of carbonyl (C=O) groups is 2. The van der Waals surface area contributed by atoms with E-state index in [-0.39, 0.29) is 34.9 Å². The summed E-state index contributed by atoms with van der Waals surface area (Å²) in [5.41, 5.74) is 0.543. The predicted molar refractivity (Wildman–Crippen MR) is 134 cm³/mol. The van der Waals surface area contributed by atoms with Crippen molar-refractivity contribution in [1.29, 1.82) is 0 Å². The Hall–Kier alpha value is -3.09. The molecule has 184 valence electrons. The maximum absolute atomic E-state index is 13.6. The number of ether oxygens (including phenoxy) is 1. The molecule has 0 spiro atoms. The van der Waals surface area contributed by atoms with Crippen LogP contribution in [0.1, 0.15) is 72.7 Å². The summed E-state index contributed by atoms with van der Waals surface area (Å²) >= 11 is 0. The van der Waals surface area contributed by atoms with Crippen molar-refractivity contribution in [3.05, 3.63) is 63.6 Å². The maximum atomic E-state index is 13.6. The lowest BCUT2D eigenvalue weighted by Gasteiger charge is -2.35. The van der Waals surface area contributed by atoms with Crippen molar-refractivity contribution in [2.45, 2.75) is 59.0 Å². The third kappa shape index (κ3) is 5.88. The third-order valence-corrected chi connectivity index (χ3v) is 6.38. The normalized spacial score (nSPS) is 15.9. The Bertz CT molecular complexity index is 1080. The number of hydrogen-bond acceptors (Lipinski definition) is 4. The quantitative estimate of drug-likeness (QED) is 0.588. The Balaban J connectivity index is 2.06. The molecule has 1 aromatic carbocycles. The first kappa shape index (κ1) is 25.5. The lowest BCUT2D eigenvalue weighted by atomic mass is 9.98. The van der Waals surface area contributed by atoms with Gasteiger partial charge in [-0.05, 0) is 49.3 Å². The molecular weight excluding hydrogens is 430 g/mol. The van der Waals surface area contributed by atoms with Gasteiger partial charge in [0.05, 0.1) is 7.11 Å². The molecule has 1 saturated heterocycles. The van der Waals surface area contributed by atoms with E-state index in [2.05, 4.69) is 6.92 Å². The van der Waals surface area contributed by atoms with Crippen LogP contribution in [0, 0.1) is 5.92 Å². The van der Waals surface area contributed by atoms with E-state index >= 15 is 0 Å². The summed E-state index contributed by atoms with van der Waals surface area (Å²) in [6.45, 7) is 7.67. The zero-order chi connectivity index (χ0) is 24.8. The fourth-order valence-electron chi connectivity index (χ4n) is 4.69. The summed E-state index contributed by atoms with van der Waals surface area (Å²) in [4.78, 5) is 43.7. The van der Waals surface area contributed by atoms with Crippen LogP contribution in [-0.4, -0.2) is 59.5 Å². The lowest BCUT2D eigenvalue weighted by Crippen LogP contribution is -2.45. The number of piperidine rings is 1. The van der Waals surface area contributed by atoms with E-state index in [1.165, 1.54) is 0 Å². The molecule has 0 N–H and O–H groups in total. The van der Waals surface area contributed by atoms with Crippen LogP contribution in [0.2, 0.25) is 0 Å². The van der Waals surface area contributed by atoms with E-state index < -0.39 is 5.43 Å². The molecule has 1 aliphatic rings. The van der Waals surface area contributed by atoms with Gasteiger partial charge in [0.1, 0.15) is 16.9 Å². The summed E-state index contributed by atoms with van der Waals surface area (Å²) in [7, 11) is 3.31. The van der Waals surface area contributed by atoms with Gasteiger partial charge in [-0.1, -0.05) is 32.9 Å². The molecule has 2 heterocycles. The number of likely N-dealkylation sites (tertiary alicyclic amines) is 1. The highest BCUT2D eigenvalue weighted by Crippen LogP contribution is 2.22. The van der Waals surface area contributed by atoms with Crippen LogP contribution in [-0.2, 0) is 6.54 Å². The minimum Gasteiger partial charge on any atom is -0.497 e. The van der Waals surface area contributed by atoms with Crippen LogP contribution in [0.15, 0.2) is 41.5 Å². The molecule has 2 amide bonds. The van der Waals surface area contributed by atoms with Gasteiger partial charge in [0, 0.05) is 45.1 Å². The number of methoxy groups -OCH3 is 1. The Morgan fingerprint density at radius 1 is 1.18 bits per heavy atom. The second-order valence-electron chi connectivity index (χ2n) is 9.57. The van der Waals surface area contributed by atoms with Gasteiger partial charge in [-0.15, -0.1) is 0 Å². The molecule has 7 heteroatoms. The molecule has 3 rings (SSSR count).